The van der Waals surface area contributed by atoms with Crippen LogP contribution in [0.1, 0.15) is 20.9 Å². The predicted octanol–water partition coefficient (Wildman–Crippen LogP) is 2.80. The van der Waals surface area contributed by atoms with Crippen LogP contribution in [0.5, 0.6) is 0 Å². The largest absolute Gasteiger partial charge is 0.330 e. The minimum Gasteiger partial charge on any atom is -0.330 e. The summed E-state index contributed by atoms with van der Waals surface area (Å²) in [6.07, 6.45) is 1.35. The van der Waals surface area contributed by atoms with Crippen LogP contribution in [0, 0.1) is 21.0 Å². The Hall–Kier alpha value is -2.39. The fraction of sp³-hybridized carbons (Fsp3) is 0.154. The molecule has 1 N–H and O–H groups in total. The Labute approximate surface area is 135 Å². The zero-order valence-electron chi connectivity index (χ0n) is 11.8. The lowest BCUT2D eigenvalue weighted by Crippen LogP contribution is -2.17. The molecule has 114 valence electrons. The Morgan fingerprint density at radius 3 is 2.86 bits per heavy atom. The van der Waals surface area contributed by atoms with Gasteiger partial charge in [0.25, 0.3) is 11.6 Å². The third-order valence-electron chi connectivity index (χ3n) is 2.96. The van der Waals surface area contributed by atoms with Gasteiger partial charge in [-0.1, -0.05) is 23.5 Å². The second-order valence-corrected chi connectivity index (χ2v) is 6.04. The molecule has 0 spiro atoms. The second-order valence-electron chi connectivity index (χ2n) is 4.39. The molecule has 1 aromatic heterocycles. The number of aromatic nitrogens is 1. The third-order valence-corrected chi connectivity index (χ3v) is 4.62. The molecule has 2 aromatic rings. The van der Waals surface area contributed by atoms with Crippen molar-refractivity contribution in [2.24, 2.45) is 12.1 Å². The van der Waals surface area contributed by atoms with Crippen molar-refractivity contribution in [3.63, 3.8) is 0 Å². The minimum atomic E-state index is -0.490. The molecule has 0 aliphatic heterocycles. The van der Waals surface area contributed by atoms with Crippen LogP contribution in [0.15, 0.2) is 29.4 Å². The quantitative estimate of drug-likeness (QED) is 0.402. The molecule has 0 aliphatic rings. The topological polar surface area (TPSA) is 89.5 Å². The molecule has 0 radical (unpaired) electrons. The number of hydrazone groups is 1. The average Bonchev–Trinajstić information content (AvgIpc) is 2.75. The number of nitrogens with zero attached hydrogens (tertiary/aromatic N) is 3. The Morgan fingerprint density at radius 1 is 1.55 bits per heavy atom. The molecule has 0 saturated heterocycles. The number of hydrogen-bond donors (Lipinski definition) is 1. The number of non-ortho nitro benzene ring substituents is 1. The van der Waals surface area contributed by atoms with Gasteiger partial charge in [0.1, 0.15) is 4.88 Å². The molecule has 0 bridgehead atoms. The van der Waals surface area contributed by atoms with Crippen molar-refractivity contribution in [1.82, 2.24) is 9.99 Å². The SMILES string of the molecule is Cc1c(C(=O)N/N=C/c2cccc([N+](=O)[O-])c2)sc(=S)n1C. The van der Waals surface area contributed by atoms with E-state index in [1.54, 1.807) is 30.7 Å². The summed E-state index contributed by atoms with van der Waals surface area (Å²) in [7, 11) is 1.79. The highest BCUT2D eigenvalue weighted by Crippen LogP contribution is 2.17. The molecular weight excluding hydrogens is 324 g/mol. The fourth-order valence-electron chi connectivity index (χ4n) is 1.66. The number of rotatable bonds is 4. The molecule has 1 aromatic carbocycles. The van der Waals surface area contributed by atoms with Gasteiger partial charge in [0.2, 0.25) is 0 Å². The van der Waals surface area contributed by atoms with Gasteiger partial charge in [-0.15, -0.1) is 0 Å². The Balaban J connectivity index is 2.10. The van der Waals surface area contributed by atoms with Crippen molar-refractivity contribution in [1.29, 1.82) is 0 Å². The van der Waals surface area contributed by atoms with Crippen molar-refractivity contribution < 1.29 is 9.72 Å². The van der Waals surface area contributed by atoms with Crippen molar-refractivity contribution in [3.05, 3.63) is 54.5 Å². The first-order valence-corrected chi connectivity index (χ1v) is 7.37. The molecule has 1 heterocycles. The minimum absolute atomic E-state index is 0.0350. The van der Waals surface area contributed by atoms with E-state index in [1.807, 2.05) is 0 Å². The van der Waals surface area contributed by atoms with Gasteiger partial charge >= 0.3 is 0 Å². The molecule has 7 nitrogen and oxygen atoms in total. The molecule has 1 amide bonds. The van der Waals surface area contributed by atoms with Crippen LogP contribution in [0.4, 0.5) is 5.69 Å². The summed E-state index contributed by atoms with van der Waals surface area (Å²) in [5, 5.41) is 14.5. The summed E-state index contributed by atoms with van der Waals surface area (Å²) >= 11 is 6.31. The Morgan fingerprint density at radius 2 is 2.27 bits per heavy atom. The standard InChI is InChI=1S/C13H12N4O3S2/c1-8-11(22-13(21)16(8)2)12(18)15-14-7-9-4-3-5-10(6-9)17(19)20/h3-7H,1-2H3,(H,15,18)/b14-7+. The maximum Gasteiger partial charge on any atom is 0.283 e. The van der Waals surface area contributed by atoms with Gasteiger partial charge in [0.05, 0.1) is 11.1 Å². The van der Waals surface area contributed by atoms with Crippen LogP contribution in [0.2, 0.25) is 0 Å². The lowest BCUT2D eigenvalue weighted by molar-refractivity contribution is -0.384. The van der Waals surface area contributed by atoms with E-state index in [0.29, 0.717) is 14.4 Å². The number of thiazole rings is 1. The number of benzene rings is 1. The molecule has 0 unspecified atom stereocenters. The van der Waals surface area contributed by atoms with Crippen LogP contribution in [0.3, 0.4) is 0 Å². The summed E-state index contributed by atoms with van der Waals surface area (Å²) in [6.45, 7) is 1.80. The van der Waals surface area contributed by atoms with Gasteiger partial charge in [-0.2, -0.15) is 5.10 Å². The van der Waals surface area contributed by atoms with E-state index >= 15 is 0 Å². The number of hydrogen-bond acceptors (Lipinski definition) is 6. The summed E-state index contributed by atoms with van der Waals surface area (Å²) in [4.78, 5) is 22.7. The number of amides is 1. The van der Waals surface area contributed by atoms with Crippen molar-refractivity contribution >= 4 is 41.4 Å². The molecule has 0 atom stereocenters. The highest BCUT2D eigenvalue weighted by molar-refractivity contribution is 7.73. The van der Waals surface area contributed by atoms with Crippen LogP contribution in [0.25, 0.3) is 0 Å². The monoisotopic (exact) mass is 336 g/mol. The van der Waals surface area contributed by atoms with Crippen molar-refractivity contribution in [3.8, 4) is 0 Å². The highest BCUT2D eigenvalue weighted by atomic mass is 32.1. The summed E-state index contributed by atoms with van der Waals surface area (Å²) in [5.74, 6) is -0.365. The first kappa shape index (κ1) is 16.0. The number of carbonyl (C=O) groups excluding carboxylic acids is 1. The van der Waals surface area contributed by atoms with E-state index in [2.05, 4.69) is 10.5 Å². The van der Waals surface area contributed by atoms with Gasteiger partial charge in [-0.05, 0) is 19.1 Å². The highest BCUT2D eigenvalue weighted by Gasteiger charge is 2.13. The molecule has 2 rings (SSSR count). The van der Waals surface area contributed by atoms with Crippen LogP contribution < -0.4 is 5.43 Å². The van der Waals surface area contributed by atoms with Gasteiger partial charge in [0, 0.05) is 30.4 Å². The molecule has 0 aliphatic carbocycles. The molecule has 22 heavy (non-hydrogen) atoms. The first-order valence-electron chi connectivity index (χ1n) is 6.14. The predicted molar refractivity (Wildman–Crippen MR) is 87.0 cm³/mol. The van der Waals surface area contributed by atoms with Crippen LogP contribution in [-0.4, -0.2) is 21.6 Å². The van der Waals surface area contributed by atoms with Gasteiger partial charge in [0.15, 0.2) is 3.95 Å². The Kier molecular flexibility index (Phi) is 4.78. The van der Waals surface area contributed by atoms with Gasteiger partial charge in [-0.25, -0.2) is 5.43 Å². The smallest absolute Gasteiger partial charge is 0.283 e. The third kappa shape index (κ3) is 3.43. The number of nitrogens with one attached hydrogen (secondary N) is 1. The number of carbonyl (C=O) groups is 1. The van der Waals surface area contributed by atoms with Crippen molar-refractivity contribution in [2.75, 3.05) is 0 Å². The Bertz CT molecular complexity index is 823. The van der Waals surface area contributed by atoms with E-state index in [1.165, 1.54) is 29.7 Å². The number of nitro benzene ring substituents is 1. The molecule has 0 saturated carbocycles. The average molecular weight is 336 g/mol. The van der Waals surface area contributed by atoms with Crippen LogP contribution in [-0.2, 0) is 7.05 Å². The lowest BCUT2D eigenvalue weighted by atomic mass is 10.2. The normalized spacial score (nSPS) is 10.8. The maximum absolute atomic E-state index is 12.0. The van der Waals surface area contributed by atoms with E-state index in [9.17, 15) is 14.9 Å². The van der Waals surface area contributed by atoms with E-state index in [-0.39, 0.29) is 11.6 Å². The molecule has 0 fully saturated rings. The zero-order chi connectivity index (χ0) is 16.3. The second kappa shape index (κ2) is 6.58. The molecule has 9 heteroatoms. The summed E-state index contributed by atoms with van der Waals surface area (Å²) in [5.41, 5.74) is 3.64. The zero-order valence-corrected chi connectivity index (χ0v) is 13.4. The lowest BCUT2D eigenvalue weighted by Gasteiger charge is -1.99. The molecular formula is C13H12N4O3S2. The summed E-state index contributed by atoms with van der Waals surface area (Å²) in [6, 6.07) is 5.96. The fourth-order valence-corrected chi connectivity index (χ4v) is 2.92. The summed E-state index contributed by atoms with van der Waals surface area (Å²) < 4.78 is 2.35. The van der Waals surface area contributed by atoms with Gasteiger partial charge in [-0.3, -0.25) is 14.9 Å². The first-order chi connectivity index (χ1) is 10.4. The van der Waals surface area contributed by atoms with E-state index < -0.39 is 4.92 Å². The van der Waals surface area contributed by atoms with E-state index in [4.69, 9.17) is 12.2 Å². The van der Waals surface area contributed by atoms with E-state index in [0.717, 1.165) is 5.69 Å². The maximum atomic E-state index is 12.0. The van der Waals surface area contributed by atoms with Gasteiger partial charge < -0.3 is 4.57 Å². The number of nitro groups is 1. The van der Waals surface area contributed by atoms with Crippen molar-refractivity contribution in [2.45, 2.75) is 6.92 Å². The van der Waals surface area contributed by atoms with Crippen LogP contribution >= 0.6 is 23.6 Å².